The second-order valence-corrected chi connectivity index (χ2v) is 8.44. The maximum atomic E-state index is 12.5. The van der Waals surface area contributed by atoms with Gasteiger partial charge in [0, 0.05) is 6.54 Å². The van der Waals surface area contributed by atoms with Crippen molar-refractivity contribution < 1.29 is 17.9 Å². The van der Waals surface area contributed by atoms with Gasteiger partial charge in [0.1, 0.15) is 5.75 Å². The molecule has 0 unspecified atom stereocenters. The molecule has 0 radical (unpaired) electrons. The Morgan fingerprint density at radius 2 is 2.08 bits per heavy atom. The number of carbonyl (C=O) groups is 1. The van der Waals surface area contributed by atoms with Crippen LogP contribution in [-0.4, -0.2) is 39.8 Å². The molecule has 0 aliphatic carbocycles. The number of ether oxygens (including phenoxy) is 1. The molecule has 140 valence electrons. The monoisotopic (exact) mass is 368 g/mol. The number of hydrogen-bond donors (Lipinski definition) is 1. The molecule has 25 heavy (non-hydrogen) atoms. The summed E-state index contributed by atoms with van der Waals surface area (Å²) in [6, 6.07) is 6.88. The molecule has 0 bridgehead atoms. The van der Waals surface area contributed by atoms with Crippen molar-refractivity contribution in [3.63, 3.8) is 0 Å². The van der Waals surface area contributed by atoms with Crippen LogP contribution in [0.5, 0.6) is 5.75 Å². The van der Waals surface area contributed by atoms with Crippen LogP contribution in [-0.2, 0) is 14.8 Å². The first-order valence-electron chi connectivity index (χ1n) is 8.87. The van der Waals surface area contributed by atoms with Crippen LogP contribution in [0.3, 0.4) is 0 Å². The SMILES string of the molecule is CCCC[C@H](CC)CNC(=O)[C@H]1CN(S(C)(=O)=O)c2ccccc2O1. The molecule has 1 aliphatic heterocycles. The number of nitrogens with one attached hydrogen (secondary N) is 1. The summed E-state index contributed by atoms with van der Waals surface area (Å²) in [5, 5.41) is 2.93. The maximum Gasteiger partial charge on any atom is 0.263 e. The molecule has 2 atom stereocenters. The van der Waals surface area contributed by atoms with Crippen LogP contribution in [0, 0.1) is 5.92 Å². The molecule has 1 aromatic rings. The van der Waals surface area contributed by atoms with E-state index in [0.717, 1.165) is 31.9 Å². The van der Waals surface area contributed by atoms with E-state index < -0.39 is 16.1 Å². The second-order valence-electron chi connectivity index (χ2n) is 6.53. The number of benzene rings is 1. The first-order chi connectivity index (χ1) is 11.9. The lowest BCUT2D eigenvalue weighted by molar-refractivity contribution is -0.127. The molecule has 0 saturated heterocycles. The van der Waals surface area contributed by atoms with Crippen molar-refractivity contribution in [1.82, 2.24) is 5.32 Å². The summed E-state index contributed by atoms with van der Waals surface area (Å²) in [7, 11) is -3.48. The molecule has 6 nitrogen and oxygen atoms in total. The van der Waals surface area contributed by atoms with E-state index in [4.69, 9.17) is 4.74 Å². The normalized spacial score (nSPS) is 18.2. The molecular weight excluding hydrogens is 340 g/mol. The van der Waals surface area contributed by atoms with Crippen LogP contribution >= 0.6 is 0 Å². The van der Waals surface area contributed by atoms with Crippen LogP contribution in [0.1, 0.15) is 39.5 Å². The number of para-hydroxylation sites is 2. The minimum atomic E-state index is -3.48. The Hall–Kier alpha value is -1.76. The number of nitrogens with zero attached hydrogens (tertiary/aromatic N) is 1. The number of unbranched alkanes of at least 4 members (excludes halogenated alkanes) is 1. The lowest BCUT2D eigenvalue weighted by Gasteiger charge is -2.34. The predicted molar refractivity (Wildman–Crippen MR) is 99.4 cm³/mol. The Morgan fingerprint density at radius 1 is 1.36 bits per heavy atom. The Bertz CT molecular complexity index is 690. The second kappa shape index (κ2) is 8.56. The van der Waals surface area contributed by atoms with Crippen molar-refractivity contribution in [3.05, 3.63) is 24.3 Å². The fourth-order valence-electron chi connectivity index (χ4n) is 2.95. The topological polar surface area (TPSA) is 75.7 Å². The van der Waals surface area contributed by atoms with Gasteiger partial charge in [-0.05, 0) is 24.5 Å². The van der Waals surface area contributed by atoms with Gasteiger partial charge in [0.2, 0.25) is 10.0 Å². The maximum absolute atomic E-state index is 12.5. The predicted octanol–water partition coefficient (Wildman–Crippen LogP) is 2.55. The van der Waals surface area contributed by atoms with Crippen molar-refractivity contribution >= 4 is 21.6 Å². The van der Waals surface area contributed by atoms with E-state index in [-0.39, 0.29) is 12.5 Å². The average molecular weight is 368 g/mol. The van der Waals surface area contributed by atoms with Crippen LogP contribution in [0.4, 0.5) is 5.69 Å². The number of amides is 1. The molecule has 1 aromatic carbocycles. The molecule has 1 heterocycles. The van der Waals surface area contributed by atoms with Gasteiger partial charge in [-0.1, -0.05) is 45.2 Å². The van der Waals surface area contributed by atoms with E-state index in [0.29, 0.717) is 23.9 Å². The quantitative estimate of drug-likeness (QED) is 0.765. The zero-order chi connectivity index (χ0) is 18.4. The van der Waals surface area contributed by atoms with Crippen molar-refractivity contribution in [2.24, 2.45) is 5.92 Å². The summed E-state index contributed by atoms with van der Waals surface area (Å²) in [6.45, 7) is 4.85. The van der Waals surface area contributed by atoms with E-state index >= 15 is 0 Å². The fourth-order valence-corrected chi connectivity index (χ4v) is 3.87. The minimum Gasteiger partial charge on any atom is -0.476 e. The molecule has 0 spiro atoms. The van der Waals surface area contributed by atoms with Gasteiger partial charge in [-0.2, -0.15) is 0 Å². The van der Waals surface area contributed by atoms with Gasteiger partial charge in [0.05, 0.1) is 18.5 Å². The summed E-state index contributed by atoms with van der Waals surface area (Å²) < 4.78 is 31.2. The Morgan fingerprint density at radius 3 is 2.72 bits per heavy atom. The van der Waals surface area contributed by atoms with Crippen molar-refractivity contribution in [1.29, 1.82) is 0 Å². The lowest BCUT2D eigenvalue weighted by atomic mass is 9.99. The van der Waals surface area contributed by atoms with E-state index in [9.17, 15) is 13.2 Å². The highest BCUT2D eigenvalue weighted by Crippen LogP contribution is 2.34. The van der Waals surface area contributed by atoms with Gasteiger partial charge in [0.25, 0.3) is 5.91 Å². The Balaban J connectivity index is 2.06. The van der Waals surface area contributed by atoms with Gasteiger partial charge < -0.3 is 10.1 Å². The van der Waals surface area contributed by atoms with E-state index in [1.807, 2.05) is 0 Å². The van der Waals surface area contributed by atoms with Crippen LogP contribution in [0.2, 0.25) is 0 Å². The zero-order valence-electron chi connectivity index (χ0n) is 15.2. The number of carbonyl (C=O) groups excluding carboxylic acids is 1. The zero-order valence-corrected chi connectivity index (χ0v) is 16.0. The molecule has 1 aliphatic rings. The smallest absolute Gasteiger partial charge is 0.263 e. The van der Waals surface area contributed by atoms with E-state index in [1.54, 1.807) is 24.3 Å². The van der Waals surface area contributed by atoms with Gasteiger partial charge in [-0.15, -0.1) is 0 Å². The van der Waals surface area contributed by atoms with Gasteiger partial charge in [-0.3, -0.25) is 9.10 Å². The molecule has 1 N–H and O–H groups in total. The number of anilines is 1. The minimum absolute atomic E-state index is 0.00652. The fraction of sp³-hybridized carbons (Fsp3) is 0.611. The van der Waals surface area contributed by atoms with Crippen LogP contribution in [0.15, 0.2) is 24.3 Å². The molecular formula is C18H28N2O4S. The van der Waals surface area contributed by atoms with Gasteiger partial charge in [-0.25, -0.2) is 8.42 Å². The number of rotatable bonds is 8. The van der Waals surface area contributed by atoms with Crippen molar-refractivity contribution in [3.8, 4) is 5.75 Å². The molecule has 2 rings (SSSR count). The highest BCUT2D eigenvalue weighted by atomic mass is 32.2. The molecule has 7 heteroatoms. The summed E-state index contributed by atoms with van der Waals surface area (Å²) in [5.41, 5.74) is 0.475. The highest BCUT2D eigenvalue weighted by molar-refractivity contribution is 7.92. The summed E-state index contributed by atoms with van der Waals surface area (Å²) in [5.74, 6) is 0.584. The number of fused-ring (bicyclic) bond motifs is 1. The molecule has 0 aromatic heterocycles. The Labute approximate surface area is 150 Å². The third-order valence-electron chi connectivity index (χ3n) is 4.54. The first-order valence-corrected chi connectivity index (χ1v) is 10.7. The van der Waals surface area contributed by atoms with Gasteiger partial charge >= 0.3 is 0 Å². The summed E-state index contributed by atoms with van der Waals surface area (Å²) in [6.07, 6.45) is 4.66. The molecule has 0 fully saturated rings. The third-order valence-corrected chi connectivity index (χ3v) is 5.68. The van der Waals surface area contributed by atoms with Crippen molar-refractivity contribution in [2.45, 2.75) is 45.6 Å². The molecule has 1 amide bonds. The third kappa shape index (κ3) is 5.11. The van der Waals surface area contributed by atoms with Crippen LogP contribution < -0.4 is 14.4 Å². The molecule has 0 saturated carbocycles. The largest absolute Gasteiger partial charge is 0.476 e. The standard InChI is InChI=1S/C18H28N2O4S/c1-4-6-9-14(5-2)12-19-18(21)17-13-20(25(3,22)23)15-10-7-8-11-16(15)24-17/h7-8,10-11,14,17H,4-6,9,12-13H2,1-3H3,(H,19,21)/t14-,17+/m0/s1. The average Bonchev–Trinajstić information content (AvgIpc) is 2.59. The van der Waals surface area contributed by atoms with Crippen molar-refractivity contribution in [2.75, 3.05) is 23.7 Å². The lowest BCUT2D eigenvalue weighted by Crippen LogP contribution is -2.51. The van der Waals surface area contributed by atoms with Crippen LogP contribution in [0.25, 0.3) is 0 Å². The van der Waals surface area contributed by atoms with Gasteiger partial charge in [0.15, 0.2) is 6.10 Å². The summed E-state index contributed by atoms with van der Waals surface area (Å²) in [4.78, 5) is 12.5. The van der Waals surface area contributed by atoms with E-state index in [2.05, 4.69) is 19.2 Å². The van der Waals surface area contributed by atoms with E-state index in [1.165, 1.54) is 4.31 Å². The number of hydrogen-bond acceptors (Lipinski definition) is 4. The highest BCUT2D eigenvalue weighted by Gasteiger charge is 2.34. The number of sulfonamides is 1. The summed E-state index contributed by atoms with van der Waals surface area (Å²) >= 11 is 0. The first kappa shape index (κ1) is 19.6. The Kier molecular flexibility index (Phi) is 6.70.